The van der Waals surface area contributed by atoms with Crippen molar-refractivity contribution in [2.75, 3.05) is 0 Å². The second kappa shape index (κ2) is 5.16. The van der Waals surface area contributed by atoms with E-state index in [4.69, 9.17) is 0 Å². The molecule has 0 aliphatic heterocycles. The molecular weight excluding hydrogens is 236 g/mol. The number of hydrogen-bond donors (Lipinski definition) is 1. The minimum absolute atomic E-state index is 0.0504. The monoisotopic (exact) mass is 252 g/mol. The van der Waals surface area contributed by atoms with Gasteiger partial charge in [0.2, 0.25) is 5.69 Å². The Morgan fingerprint density at radius 2 is 2.28 bits per heavy atom. The van der Waals surface area contributed by atoms with Crippen LogP contribution in [0.5, 0.6) is 0 Å². The summed E-state index contributed by atoms with van der Waals surface area (Å²) in [6.45, 7) is 2.23. The van der Waals surface area contributed by atoms with Gasteiger partial charge in [-0.25, -0.2) is 0 Å². The van der Waals surface area contributed by atoms with Crippen LogP contribution in [-0.4, -0.2) is 26.7 Å². The molecule has 7 nitrogen and oxygen atoms in total. The lowest BCUT2D eigenvalue weighted by molar-refractivity contribution is -0.385. The van der Waals surface area contributed by atoms with Crippen molar-refractivity contribution in [3.63, 3.8) is 0 Å². The van der Waals surface area contributed by atoms with Crippen LogP contribution in [0, 0.1) is 10.1 Å². The summed E-state index contributed by atoms with van der Waals surface area (Å²) in [5.41, 5.74) is -0.179. The number of rotatable bonds is 4. The molecular formula is C11H16N4O3. The van der Waals surface area contributed by atoms with E-state index in [-0.39, 0.29) is 17.4 Å². The first-order chi connectivity index (χ1) is 8.63. The van der Waals surface area contributed by atoms with Gasteiger partial charge in [0.1, 0.15) is 6.20 Å². The Labute approximate surface area is 104 Å². The summed E-state index contributed by atoms with van der Waals surface area (Å²) in [5.74, 6) is -0.395. The van der Waals surface area contributed by atoms with E-state index in [1.54, 1.807) is 6.92 Å². The Balaban J connectivity index is 2.21. The van der Waals surface area contributed by atoms with E-state index < -0.39 is 10.8 Å². The van der Waals surface area contributed by atoms with Crippen LogP contribution in [0.1, 0.15) is 43.1 Å². The predicted molar refractivity (Wildman–Crippen MR) is 64.3 cm³/mol. The minimum atomic E-state index is -0.567. The number of amides is 1. The topological polar surface area (TPSA) is 90.1 Å². The van der Waals surface area contributed by atoms with Crippen molar-refractivity contribution < 1.29 is 9.72 Å². The maximum absolute atomic E-state index is 12.1. The van der Waals surface area contributed by atoms with E-state index in [2.05, 4.69) is 10.4 Å². The van der Waals surface area contributed by atoms with Gasteiger partial charge in [0.05, 0.1) is 4.92 Å². The number of aryl methyl sites for hydroxylation is 1. The largest absolute Gasteiger partial charge is 0.348 e. The molecule has 0 radical (unpaired) electrons. The Kier molecular flexibility index (Phi) is 3.59. The van der Waals surface area contributed by atoms with Crippen molar-refractivity contribution in [3.05, 3.63) is 22.0 Å². The molecule has 1 N–H and O–H groups in total. The molecule has 0 spiro atoms. The van der Waals surface area contributed by atoms with Crippen LogP contribution in [0.25, 0.3) is 0 Å². The van der Waals surface area contributed by atoms with Crippen LogP contribution in [-0.2, 0) is 6.54 Å². The first-order valence-electron chi connectivity index (χ1n) is 6.14. The quantitative estimate of drug-likeness (QED) is 0.649. The highest BCUT2D eigenvalue weighted by Gasteiger charge is 2.28. The Morgan fingerprint density at radius 1 is 1.61 bits per heavy atom. The van der Waals surface area contributed by atoms with Gasteiger partial charge in [-0.15, -0.1) is 0 Å². The van der Waals surface area contributed by atoms with E-state index in [9.17, 15) is 14.9 Å². The van der Waals surface area contributed by atoms with Crippen molar-refractivity contribution in [2.24, 2.45) is 0 Å². The summed E-state index contributed by atoms with van der Waals surface area (Å²) < 4.78 is 1.36. The van der Waals surface area contributed by atoms with Crippen LogP contribution in [0.2, 0.25) is 0 Å². The lowest BCUT2D eigenvalue weighted by atomic mass is 10.2. The van der Waals surface area contributed by atoms with Crippen molar-refractivity contribution in [3.8, 4) is 0 Å². The molecule has 0 aromatic carbocycles. The van der Waals surface area contributed by atoms with E-state index in [0.717, 1.165) is 31.9 Å². The highest BCUT2D eigenvalue weighted by atomic mass is 16.6. The maximum atomic E-state index is 12.1. The molecule has 1 aliphatic carbocycles. The van der Waals surface area contributed by atoms with E-state index in [0.29, 0.717) is 6.54 Å². The van der Waals surface area contributed by atoms with Gasteiger partial charge in [-0.05, 0) is 19.8 Å². The van der Waals surface area contributed by atoms with E-state index >= 15 is 0 Å². The Bertz CT molecular complexity index is 463. The normalized spacial score (nSPS) is 15.8. The summed E-state index contributed by atoms with van der Waals surface area (Å²) >= 11 is 0. The van der Waals surface area contributed by atoms with E-state index in [1.165, 1.54) is 4.68 Å². The number of nitro groups is 1. The smallest absolute Gasteiger partial charge is 0.320 e. The second-order valence-electron chi connectivity index (χ2n) is 4.41. The minimum Gasteiger partial charge on any atom is -0.348 e. The highest BCUT2D eigenvalue weighted by molar-refractivity contribution is 5.96. The van der Waals surface area contributed by atoms with Gasteiger partial charge in [-0.1, -0.05) is 12.8 Å². The van der Waals surface area contributed by atoms with Crippen LogP contribution < -0.4 is 5.32 Å². The SMILES string of the molecule is CCn1ncc([N+](=O)[O-])c1C(=O)NC1CCCC1. The molecule has 1 aliphatic rings. The second-order valence-corrected chi connectivity index (χ2v) is 4.41. The average Bonchev–Trinajstić information content (AvgIpc) is 2.95. The number of hydrogen-bond acceptors (Lipinski definition) is 4. The number of carbonyl (C=O) groups is 1. The first kappa shape index (κ1) is 12.5. The third kappa shape index (κ3) is 2.34. The van der Waals surface area contributed by atoms with Gasteiger partial charge >= 0.3 is 5.69 Å². The third-order valence-corrected chi connectivity index (χ3v) is 3.22. The molecule has 0 saturated heterocycles. The lowest BCUT2D eigenvalue weighted by Gasteiger charge is -2.11. The summed E-state index contributed by atoms with van der Waals surface area (Å²) in [5, 5.41) is 17.6. The summed E-state index contributed by atoms with van der Waals surface area (Å²) in [4.78, 5) is 22.4. The molecule has 98 valence electrons. The first-order valence-corrected chi connectivity index (χ1v) is 6.14. The zero-order valence-corrected chi connectivity index (χ0v) is 10.3. The van der Waals surface area contributed by atoms with Crippen molar-refractivity contribution in [1.82, 2.24) is 15.1 Å². The molecule has 18 heavy (non-hydrogen) atoms. The zero-order chi connectivity index (χ0) is 13.1. The molecule has 1 heterocycles. The van der Waals surface area contributed by atoms with Crippen LogP contribution in [0.15, 0.2) is 6.20 Å². The molecule has 1 saturated carbocycles. The van der Waals surface area contributed by atoms with Gasteiger partial charge in [-0.3, -0.25) is 19.6 Å². The van der Waals surface area contributed by atoms with Crippen LogP contribution >= 0.6 is 0 Å². The molecule has 0 bridgehead atoms. The standard InChI is InChI=1S/C11H16N4O3/c1-2-14-10(9(7-12-14)15(17)18)11(16)13-8-5-3-4-6-8/h7-8H,2-6H2,1H3,(H,13,16). The number of nitrogens with one attached hydrogen (secondary N) is 1. The molecule has 0 unspecified atom stereocenters. The number of nitrogens with zero attached hydrogens (tertiary/aromatic N) is 3. The predicted octanol–water partition coefficient (Wildman–Crippen LogP) is 1.48. The van der Waals surface area contributed by atoms with Crippen molar-refractivity contribution in [2.45, 2.75) is 45.2 Å². The average molecular weight is 252 g/mol. The molecule has 1 fully saturated rings. The van der Waals surface area contributed by atoms with Gasteiger partial charge in [0, 0.05) is 12.6 Å². The number of carbonyl (C=O) groups excluding carboxylic acids is 1. The van der Waals surface area contributed by atoms with Gasteiger partial charge in [0.25, 0.3) is 5.91 Å². The fourth-order valence-corrected chi connectivity index (χ4v) is 2.31. The fourth-order valence-electron chi connectivity index (χ4n) is 2.31. The van der Waals surface area contributed by atoms with Crippen molar-refractivity contribution >= 4 is 11.6 Å². The van der Waals surface area contributed by atoms with Crippen LogP contribution in [0.4, 0.5) is 5.69 Å². The molecule has 1 amide bonds. The van der Waals surface area contributed by atoms with Gasteiger partial charge < -0.3 is 5.32 Å². The molecule has 1 aromatic heterocycles. The van der Waals surface area contributed by atoms with Gasteiger partial charge in [0.15, 0.2) is 0 Å². The summed E-state index contributed by atoms with van der Waals surface area (Å²) in [6.07, 6.45) is 5.22. The Morgan fingerprint density at radius 3 is 2.83 bits per heavy atom. The lowest BCUT2D eigenvalue weighted by Crippen LogP contribution is -2.34. The van der Waals surface area contributed by atoms with Crippen molar-refractivity contribution in [1.29, 1.82) is 0 Å². The summed E-state index contributed by atoms with van der Waals surface area (Å²) in [6, 6.07) is 0.136. The Hall–Kier alpha value is -1.92. The van der Waals surface area contributed by atoms with Crippen LogP contribution in [0.3, 0.4) is 0 Å². The summed E-state index contributed by atoms with van der Waals surface area (Å²) in [7, 11) is 0. The fraction of sp³-hybridized carbons (Fsp3) is 0.636. The molecule has 2 rings (SSSR count). The maximum Gasteiger partial charge on any atom is 0.320 e. The molecule has 1 aromatic rings. The van der Waals surface area contributed by atoms with Gasteiger partial charge in [-0.2, -0.15) is 5.10 Å². The zero-order valence-electron chi connectivity index (χ0n) is 10.3. The molecule has 0 atom stereocenters. The molecule has 7 heteroatoms. The third-order valence-electron chi connectivity index (χ3n) is 3.22. The number of aromatic nitrogens is 2. The highest BCUT2D eigenvalue weighted by Crippen LogP contribution is 2.21. The van der Waals surface area contributed by atoms with E-state index in [1.807, 2.05) is 0 Å².